The molecule has 6 heteroatoms. The van der Waals surface area contributed by atoms with E-state index in [2.05, 4.69) is 5.32 Å². The number of hydrogen-bond acceptors (Lipinski definition) is 2. The smallest absolute Gasteiger partial charge is 0.126 e. The van der Waals surface area contributed by atoms with E-state index in [0.717, 1.165) is 29.0 Å². The van der Waals surface area contributed by atoms with Gasteiger partial charge in [-0.05, 0) is 54.4 Å². The molecule has 0 saturated heterocycles. The lowest BCUT2D eigenvalue weighted by atomic mass is 10.1. The van der Waals surface area contributed by atoms with Crippen molar-refractivity contribution >= 4 is 35.6 Å². The van der Waals surface area contributed by atoms with Gasteiger partial charge in [-0.25, -0.2) is 4.39 Å². The highest BCUT2D eigenvalue weighted by molar-refractivity contribution is 6.35. The van der Waals surface area contributed by atoms with E-state index >= 15 is 0 Å². The second-order valence-corrected chi connectivity index (χ2v) is 7.03. The van der Waals surface area contributed by atoms with Gasteiger partial charge in [-0.1, -0.05) is 59.6 Å². The Labute approximate surface area is 181 Å². The van der Waals surface area contributed by atoms with Crippen molar-refractivity contribution in [1.82, 2.24) is 5.32 Å². The molecule has 28 heavy (non-hydrogen) atoms. The Balaban J connectivity index is 0.00000280. The Morgan fingerprint density at radius 2 is 1.64 bits per heavy atom. The zero-order valence-corrected chi connectivity index (χ0v) is 17.5. The Bertz CT molecular complexity index is 887. The van der Waals surface area contributed by atoms with E-state index in [1.165, 1.54) is 6.07 Å². The molecule has 2 nitrogen and oxygen atoms in total. The summed E-state index contributed by atoms with van der Waals surface area (Å²) in [4.78, 5) is 0. The van der Waals surface area contributed by atoms with Crippen molar-refractivity contribution in [3.05, 3.63) is 99.3 Å². The molecule has 3 aromatic carbocycles. The van der Waals surface area contributed by atoms with Crippen LogP contribution in [0.3, 0.4) is 0 Å². The molecule has 1 N–H and O–H groups in total. The van der Waals surface area contributed by atoms with Crippen LogP contribution < -0.4 is 10.1 Å². The van der Waals surface area contributed by atoms with Crippen LogP contribution in [0, 0.1) is 5.82 Å². The topological polar surface area (TPSA) is 21.3 Å². The molecule has 0 atom stereocenters. The molecule has 0 aliphatic rings. The Hall–Kier alpha value is -1.78. The van der Waals surface area contributed by atoms with Gasteiger partial charge in [-0.2, -0.15) is 0 Å². The van der Waals surface area contributed by atoms with E-state index in [9.17, 15) is 4.39 Å². The first-order chi connectivity index (χ1) is 13.1. The van der Waals surface area contributed by atoms with Gasteiger partial charge in [0.25, 0.3) is 0 Å². The molecule has 0 radical (unpaired) electrons. The first-order valence-corrected chi connectivity index (χ1v) is 9.47. The summed E-state index contributed by atoms with van der Waals surface area (Å²) in [7, 11) is 0. The standard InChI is InChI=1S/C22H20Cl2FNO.ClH/c23-19-8-7-18(21(24)13-19)15-27-20-9-5-16(6-10-20)14-26-12-11-17-3-1-2-4-22(17)25;/h1-10,13,26H,11-12,14-15H2;1H. The lowest BCUT2D eigenvalue weighted by molar-refractivity contribution is 0.306. The van der Waals surface area contributed by atoms with Gasteiger partial charge < -0.3 is 10.1 Å². The summed E-state index contributed by atoms with van der Waals surface area (Å²) >= 11 is 12.0. The Kier molecular flexibility index (Phi) is 9.07. The zero-order chi connectivity index (χ0) is 19.1. The fourth-order valence-electron chi connectivity index (χ4n) is 2.66. The van der Waals surface area contributed by atoms with E-state index in [0.29, 0.717) is 29.6 Å². The van der Waals surface area contributed by atoms with Gasteiger partial charge in [0.2, 0.25) is 0 Å². The van der Waals surface area contributed by atoms with E-state index in [1.54, 1.807) is 18.2 Å². The summed E-state index contributed by atoms with van der Waals surface area (Å²) in [5.74, 6) is 0.623. The van der Waals surface area contributed by atoms with Crippen molar-refractivity contribution in [3.8, 4) is 5.75 Å². The average molecular weight is 441 g/mol. The van der Waals surface area contributed by atoms with Gasteiger partial charge in [0.05, 0.1) is 0 Å². The second-order valence-electron chi connectivity index (χ2n) is 6.19. The highest BCUT2D eigenvalue weighted by Crippen LogP contribution is 2.23. The Morgan fingerprint density at radius 1 is 0.893 bits per heavy atom. The molecule has 148 valence electrons. The predicted octanol–water partition coefficient (Wildman–Crippen LogP) is 6.47. The number of ether oxygens (including phenoxy) is 1. The van der Waals surface area contributed by atoms with Crippen molar-refractivity contribution in [1.29, 1.82) is 0 Å². The normalized spacial score (nSPS) is 10.4. The molecule has 0 fully saturated rings. The van der Waals surface area contributed by atoms with Crippen LogP contribution in [0.15, 0.2) is 66.7 Å². The van der Waals surface area contributed by atoms with Crippen LogP contribution in [-0.2, 0) is 19.6 Å². The second kappa shape index (κ2) is 11.3. The summed E-state index contributed by atoms with van der Waals surface area (Å²) < 4.78 is 19.3. The van der Waals surface area contributed by atoms with Crippen LogP contribution in [0.25, 0.3) is 0 Å². The number of hydrogen-bond donors (Lipinski definition) is 1. The van der Waals surface area contributed by atoms with Gasteiger partial charge in [0.1, 0.15) is 18.2 Å². The molecule has 0 unspecified atom stereocenters. The molecule has 0 bridgehead atoms. The number of halogens is 4. The molecule has 3 rings (SSSR count). The first-order valence-electron chi connectivity index (χ1n) is 8.71. The third-order valence-corrected chi connectivity index (χ3v) is 4.78. The predicted molar refractivity (Wildman–Crippen MR) is 116 cm³/mol. The highest BCUT2D eigenvalue weighted by atomic mass is 35.5. The minimum atomic E-state index is -0.151. The summed E-state index contributed by atoms with van der Waals surface area (Å²) in [5, 5.41) is 4.53. The molecule has 0 amide bonds. The largest absolute Gasteiger partial charge is 0.489 e. The molecule has 0 spiro atoms. The maximum absolute atomic E-state index is 13.6. The van der Waals surface area contributed by atoms with Crippen molar-refractivity contribution in [2.75, 3.05) is 6.54 Å². The molecule has 0 aliphatic carbocycles. The van der Waals surface area contributed by atoms with E-state index in [4.69, 9.17) is 27.9 Å². The van der Waals surface area contributed by atoms with Crippen LogP contribution in [0.2, 0.25) is 10.0 Å². The van der Waals surface area contributed by atoms with E-state index in [-0.39, 0.29) is 18.2 Å². The Morgan fingerprint density at radius 3 is 2.36 bits per heavy atom. The van der Waals surface area contributed by atoms with Crippen molar-refractivity contribution in [2.24, 2.45) is 0 Å². The van der Waals surface area contributed by atoms with Crippen LogP contribution >= 0.6 is 35.6 Å². The molecule has 0 saturated carbocycles. The fraction of sp³-hybridized carbons (Fsp3) is 0.182. The third kappa shape index (κ3) is 6.68. The van der Waals surface area contributed by atoms with E-state index < -0.39 is 0 Å². The van der Waals surface area contributed by atoms with Crippen LogP contribution in [0.1, 0.15) is 16.7 Å². The quantitative estimate of drug-likeness (QED) is 0.406. The molecular formula is C22H21Cl3FNO. The first kappa shape index (κ1) is 22.5. The summed E-state index contributed by atoms with van der Waals surface area (Å²) in [6, 6.07) is 20.1. The minimum Gasteiger partial charge on any atom is -0.489 e. The lowest BCUT2D eigenvalue weighted by Gasteiger charge is -2.10. The summed E-state index contributed by atoms with van der Waals surface area (Å²) in [6.45, 7) is 1.82. The van der Waals surface area contributed by atoms with Crippen molar-refractivity contribution < 1.29 is 9.13 Å². The van der Waals surface area contributed by atoms with Crippen LogP contribution in [0.5, 0.6) is 5.75 Å². The minimum absolute atomic E-state index is 0. The lowest BCUT2D eigenvalue weighted by Crippen LogP contribution is -2.17. The van der Waals surface area contributed by atoms with Gasteiger partial charge in [0, 0.05) is 22.2 Å². The van der Waals surface area contributed by atoms with Gasteiger partial charge in [0.15, 0.2) is 0 Å². The highest BCUT2D eigenvalue weighted by Gasteiger charge is 2.03. The zero-order valence-electron chi connectivity index (χ0n) is 15.1. The SMILES string of the molecule is Cl.Fc1ccccc1CCNCc1ccc(OCc2ccc(Cl)cc2Cl)cc1. The fourth-order valence-corrected chi connectivity index (χ4v) is 3.12. The van der Waals surface area contributed by atoms with Crippen LogP contribution in [-0.4, -0.2) is 6.54 Å². The van der Waals surface area contributed by atoms with Gasteiger partial charge >= 0.3 is 0 Å². The third-order valence-electron chi connectivity index (χ3n) is 4.19. The maximum Gasteiger partial charge on any atom is 0.126 e. The molecule has 0 aromatic heterocycles. The maximum atomic E-state index is 13.6. The van der Waals surface area contributed by atoms with E-state index in [1.807, 2.05) is 42.5 Å². The number of nitrogens with one attached hydrogen (secondary N) is 1. The number of rotatable bonds is 8. The summed E-state index contributed by atoms with van der Waals surface area (Å²) in [5.41, 5.74) is 2.76. The monoisotopic (exact) mass is 439 g/mol. The average Bonchev–Trinajstić information content (AvgIpc) is 2.67. The molecule has 3 aromatic rings. The van der Waals surface area contributed by atoms with Crippen molar-refractivity contribution in [3.63, 3.8) is 0 Å². The van der Waals surface area contributed by atoms with Gasteiger partial charge in [-0.15, -0.1) is 12.4 Å². The molecule has 0 aliphatic heterocycles. The van der Waals surface area contributed by atoms with Crippen molar-refractivity contribution in [2.45, 2.75) is 19.6 Å². The molecule has 0 heterocycles. The molecular weight excluding hydrogens is 420 g/mol. The number of benzene rings is 3. The van der Waals surface area contributed by atoms with Crippen LogP contribution in [0.4, 0.5) is 4.39 Å². The summed E-state index contributed by atoms with van der Waals surface area (Å²) in [6.07, 6.45) is 0.662. The van der Waals surface area contributed by atoms with Gasteiger partial charge in [-0.3, -0.25) is 0 Å².